The van der Waals surface area contributed by atoms with Gasteiger partial charge in [0.2, 0.25) is 0 Å². The van der Waals surface area contributed by atoms with Gasteiger partial charge in [0, 0.05) is 31.9 Å². The number of anilines is 2. The summed E-state index contributed by atoms with van der Waals surface area (Å²) in [7, 11) is 2.02. The third-order valence-electron chi connectivity index (χ3n) is 3.22. The van der Waals surface area contributed by atoms with Crippen molar-refractivity contribution in [3.05, 3.63) is 36.4 Å². The normalized spacial score (nSPS) is 14.5. The highest BCUT2D eigenvalue weighted by atomic mass is 19.1. The van der Waals surface area contributed by atoms with Crippen LogP contribution in [-0.4, -0.2) is 30.1 Å². The number of pyridine rings is 2. The highest BCUT2D eigenvalue weighted by Crippen LogP contribution is 2.28. The Hall–Kier alpha value is -2.17. The number of hydrogen-bond donors (Lipinski definition) is 1. The highest BCUT2D eigenvalue weighted by Gasteiger charge is 2.14. The third-order valence-corrected chi connectivity index (χ3v) is 3.22. The molecule has 1 N–H and O–H groups in total. The lowest BCUT2D eigenvalue weighted by atomic mass is 10.2. The summed E-state index contributed by atoms with van der Waals surface area (Å²) in [6.07, 6.45) is 3.90. The molecule has 0 saturated heterocycles. The van der Waals surface area contributed by atoms with Crippen LogP contribution in [0, 0.1) is 5.82 Å². The van der Waals surface area contributed by atoms with Crippen LogP contribution in [0.2, 0.25) is 0 Å². The molecule has 0 bridgehead atoms. The van der Waals surface area contributed by atoms with E-state index in [4.69, 9.17) is 0 Å². The molecule has 2 aromatic heterocycles. The average molecular weight is 258 g/mol. The van der Waals surface area contributed by atoms with Gasteiger partial charge in [-0.25, -0.2) is 9.37 Å². The van der Waals surface area contributed by atoms with Gasteiger partial charge in [-0.1, -0.05) is 0 Å². The minimum atomic E-state index is -0.347. The summed E-state index contributed by atoms with van der Waals surface area (Å²) in [6, 6.07) is 5.33. The van der Waals surface area contributed by atoms with Crippen LogP contribution < -0.4 is 10.2 Å². The van der Waals surface area contributed by atoms with Gasteiger partial charge in [-0.05, 0) is 24.6 Å². The van der Waals surface area contributed by atoms with Crippen LogP contribution >= 0.6 is 0 Å². The molecule has 19 heavy (non-hydrogen) atoms. The number of fused-ring (bicyclic) bond motifs is 1. The van der Waals surface area contributed by atoms with Crippen molar-refractivity contribution < 1.29 is 4.39 Å². The lowest BCUT2D eigenvalue weighted by Crippen LogP contribution is -2.18. The molecule has 0 radical (unpaired) electrons. The van der Waals surface area contributed by atoms with Crippen LogP contribution in [0.25, 0.3) is 11.3 Å². The topological polar surface area (TPSA) is 41.0 Å². The van der Waals surface area contributed by atoms with E-state index in [1.807, 2.05) is 19.2 Å². The van der Waals surface area contributed by atoms with Gasteiger partial charge >= 0.3 is 0 Å². The summed E-state index contributed by atoms with van der Waals surface area (Å²) in [5.74, 6) is 0.556. The molecule has 0 aliphatic carbocycles. The SMILES string of the molecule is CN1CCCNc2ccc(-c3cncc(F)c3)nc21. The molecule has 0 aromatic carbocycles. The Labute approximate surface area is 111 Å². The average Bonchev–Trinajstić information content (AvgIpc) is 2.61. The molecule has 0 fully saturated rings. The van der Waals surface area contributed by atoms with Gasteiger partial charge in [0.1, 0.15) is 5.82 Å². The van der Waals surface area contributed by atoms with Gasteiger partial charge in [-0.3, -0.25) is 4.98 Å². The van der Waals surface area contributed by atoms with Crippen molar-refractivity contribution in [3.63, 3.8) is 0 Å². The van der Waals surface area contributed by atoms with E-state index >= 15 is 0 Å². The van der Waals surface area contributed by atoms with Gasteiger partial charge in [0.25, 0.3) is 0 Å². The number of halogens is 1. The molecule has 0 saturated carbocycles. The van der Waals surface area contributed by atoms with E-state index in [9.17, 15) is 4.39 Å². The number of rotatable bonds is 1. The molecular formula is C14H15FN4. The Morgan fingerprint density at radius 1 is 1.32 bits per heavy atom. The minimum absolute atomic E-state index is 0.347. The first kappa shape index (κ1) is 11.9. The maximum atomic E-state index is 13.2. The molecule has 1 aliphatic rings. The largest absolute Gasteiger partial charge is 0.382 e. The summed E-state index contributed by atoms with van der Waals surface area (Å²) < 4.78 is 13.2. The van der Waals surface area contributed by atoms with Crippen LogP contribution in [-0.2, 0) is 0 Å². The Bertz CT molecular complexity index is 600. The zero-order valence-electron chi connectivity index (χ0n) is 10.7. The van der Waals surface area contributed by atoms with Crippen LogP contribution in [0.3, 0.4) is 0 Å². The lowest BCUT2D eigenvalue weighted by molar-refractivity contribution is 0.622. The van der Waals surface area contributed by atoms with Gasteiger partial charge in [-0.2, -0.15) is 0 Å². The van der Waals surface area contributed by atoms with Gasteiger partial charge in [-0.15, -0.1) is 0 Å². The first-order valence-electron chi connectivity index (χ1n) is 6.31. The van der Waals surface area contributed by atoms with Crippen LogP contribution in [0.4, 0.5) is 15.9 Å². The second kappa shape index (κ2) is 4.84. The van der Waals surface area contributed by atoms with E-state index in [-0.39, 0.29) is 5.82 Å². The van der Waals surface area contributed by atoms with Crippen molar-refractivity contribution >= 4 is 11.5 Å². The maximum absolute atomic E-state index is 13.2. The van der Waals surface area contributed by atoms with E-state index in [0.717, 1.165) is 36.7 Å². The first-order valence-corrected chi connectivity index (χ1v) is 6.31. The number of aromatic nitrogens is 2. The summed E-state index contributed by atoms with van der Waals surface area (Å²) in [6.45, 7) is 1.90. The quantitative estimate of drug-likeness (QED) is 0.853. The fourth-order valence-electron chi connectivity index (χ4n) is 2.24. The van der Waals surface area contributed by atoms with Crippen molar-refractivity contribution in [1.82, 2.24) is 9.97 Å². The molecule has 0 atom stereocenters. The van der Waals surface area contributed by atoms with Crippen molar-refractivity contribution in [2.45, 2.75) is 6.42 Å². The molecule has 3 heterocycles. The van der Waals surface area contributed by atoms with Crippen LogP contribution in [0.15, 0.2) is 30.6 Å². The molecular weight excluding hydrogens is 243 g/mol. The van der Waals surface area contributed by atoms with E-state index in [1.165, 1.54) is 12.3 Å². The van der Waals surface area contributed by atoms with Crippen LogP contribution in [0.5, 0.6) is 0 Å². The summed E-state index contributed by atoms with van der Waals surface area (Å²) >= 11 is 0. The molecule has 2 aromatic rings. The Morgan fingerprint density at radius 2 is 2.21 bits per heavy atom. The maximum Gasteiger partial charge on any atom is 0.152 e. The number of hydrogen-bond acceptors (Lipinski definition) is 4. The summed E-state index contributed by atoms with van der Waals surface area (Å²) in [5, 5.41) is 3.35. The van der Waals surface area contributed by atoms with E-state index in [1.54, 1.807) is 6.20 Å². The van der Waals surface area contributed by atoms with E-state index in [2.05, 4.69) is 20.2 Å². The standard InChI is InChI=1S/C14H15FN4/c1-19-6-2-5-17-13-4-3-12(18-14(13)19)10-7-11(15)9-16-8-10/h3-4,7-9,17H,2,5-6H2,1H3. The summed E-state index contributed by atoms with van der Waals surface area (Å²) in [4.78, 5) is 10.6. The van der Waals surface area contributed by atoms with E-state index in [0.29, 0.717) is 5.56 Å². The summed E-state index contributed by atoms with van der Waals surface area (Å²) in [5.41, 5.74) is 2.45. The molecule has 0 spiro atoms. The Morgan fingerprint density at radius 3 is 3.05 bits per heavy atom. The third kappa shape index (κ3) is 2.36. The van der Waals surface area contributed by atoms with Gasteiger partial charge < -0.3 is 10.2 Å². The van der Waals surface area contributed by atoms with Gasteiger partial charge in [0.05, 0.1) is 17.6 Å². The molecule has 4 nitrogen and oxygen atoms in total. The second-order valence-electron chi connectivity index (χ2n) is 4.66. The van der Waals surface area contributed by atoms with Crippen molar-refractivity contribution in [1.29, 1.82) is 0 Å². The zero-order valence-corrected chi connectivity index (χ0v) is 10.7. The molecule has 0 amide bonds. The van der Waals surface area contributed by atoms with Crippen molar-refractivity contribution in [2.75, 3.05) is 30.4 Å². The number of nitrogens with one attached hydrogen (secondary N) is 1. The first-order chi connectivity index (χ1) is 9.24. The smallest absolute Gasteiger partial charge is 0.152 e. The predicted octanol–water partition coefficient (Wildman–Crippen LogP) is 2.53. The lowest BCUT2D eigenvalue weighted by Gasteiger charge is -2.18. The minimum Gasteiger partial charge on any atom is -0.382 e. The van der Waals surface area contributed by atoms with Crippen molar-refractivity contribution in [2.24, 2.45) is 0 Å². The zero-order chi connectivity index (χ0) is 13.2. The molecule has 5 heteroatoms. The highest BCUT2D eigenvalue weighted by molar-refractivity contribution is 5.71. The van der Waals surface area contributed by atoms with Crippen molar-refractivity contribution in [3.8, 4) is 11.3 Å². The molecule has 1 aliphatic heterocycles. The monoisotopic (exact) mass is 258 g/mol. The van der Waals surface area contributed by atoms with Gasteiger partial charge in [0.15, 0.2) is 5.82 Å². The molecule has 0 unspecified atom stereocenters. The Kier molecular flexibility index (Phi) is 3.03. The van der Waals surface area contributed by atoms with Crippen LogP contribution in [0.1, 0.15) is 6.42 Å². The predicted molar refractivity (Wildman–Crippen MR) is 73.8 cm³/mol. The van der Waals surface area contributed by atoms with E-state index < -0.39 is 0 Å². The molecule has 3 rings (SSSR count). The Balaban J connectivity index is 2.05. The second-order valence-corrected chi connectivity index (χ2v) is 4.66. The molecule has 98 valence electrons. The number of nitrogens with zero attached hydrogens (tertiary/aromatic N) is 3. The fraction of sp³-hybridized carbons (Fsp3) is 0.286. The fourth-order valence-corrected chi connectivity index (χ4v) is 2.24.